The lowest BCUT2D eigenvalue weighted by atomic mass is 10.2. The molecule has 0 radical (unpaired) electrons. The predicted octanol–water partition coefficient (Wildman–Crippen LogP) is 2.82. The Morgan fingerprint density at radius 1 is 0.913 bits per heavy atom. The van der Waals surface area contributed by atoms with Crippen molar-refractivity contribution in [3.05, 3.63) is 0 Å². The first kappa shape index (κ1) is 21.2. The number of unbranched alkanes of at least 4 members (excludes halogenated alkanes) is 1. The second kappa shape index (κ2) is 8.74. The Morgan fingerprint density at radius 3 is 1.87 bits per heavy atom. The van der Waals surface area contributed by atoms with Gasteiger partial charge in [-0.2, -0.15) is 0 Å². The number of amides is 1. The molecule has 0 unspecified atom stereocenters. The quantitative estimate of drug-likeness (QED) is 0.569. The fourth-order valence-corrected chi connectivity index (χ4v) is 1.69. The van der Waals surface area contributed by atoms with Crippen molar-refractivity contribution in [3.63, 3.8) is 0 Å². The Morgan fingerprint density at radius 2 is 1.43 bits per heavy atom. The normalized spacial score (nSPS) is 11.7. The van der Waals surface area contributed by atoms with Gasteiger partial charge in [0.2, 0.25) is 0 Å². The molecule has 0 saturated heterocycles. The molecule has 0 rings (SSSR count). The molecule has 0 spiro atoms. The molecule has 134 valence electrons. The molecule has 0 aromatic carbocycles. The summed E-state index contributed by atoms with van der Waals surface area (Å²) in [5.41, 5.74) is -1.21. The first-order chi connectivity index (χ1) is 10.3. The van der Waals surface area contributed by atoms with Gasteiger partial charge in [0, 0.05) is 13.0 Å². The number of carboxylic acid groups (broad SMARTS) is 1. The van der Waals surface area contributed by atoms with E-state index in [1.807, 2.05) is 0 Å². The van der Waals surface area contributed by atoms with Crippen LogP contribution in [0.15, 0.2) is 0 Å². The Balaban J connectivity index is 4.33. The summed E-state index contributed by atoms with van der Waals surface area (Å²) in [5.74, 6) is -1.41. The maximum atomic E-state index is 12.0. The zero-order valence-electron chi connectivity index (χ0n) is 15.0. The van der Waals surface area contributed by atoms with Gasteiger partial charge in [-0.05, 0) is 54.4 Å². The van der Waals surface area contributed by atoms with Gasteiger partial charge in [0.25, 0.3) is 0 Å². The smallest absolute Gasteiger partial charge is 0.410 e. The topological polar surface area (TPSA) is 93.1 Å². The first-order valence-corrected chi connectivity index (χ1v) is 7.72. The number of aliphatic carboxylic acids is 1. The molecule has 7 heteroatoms. The van der Waals surface area contributed by atoms with Crippen molar-refractivity contribution in [2.45, 2.75) is 72.0 Å². The summed E-state index contributed by atoms with van der Waals surface area (Å²) in [6, 6.07) is 0. The average molecular weight is 331 g/mol. The monoisotopic (exact) mass is 331 g/mol. The highest BCUT2D eigenvalue weighted by molar-refractivity contribution is 5.76. The predicted molar refractivity (Wildman–Crippen MR) is 85.1 cm³/mol. The number of hydrogen-bond donors (Lipinski definition) is 1. The van der Waals surface area contributed by atoms with Crippen molar-refractivity contribution in [2.24, 2.45) is 0 Å². The molecular formula is C16H29NO6. The largest absolute Gasteiger partial charge is 0.480 e. The Hall–Kier alpha value is -1.79. The molecule has 0 saturated carbocycles. The minimum Gasteiger partial charge on any atom is -0.480 e. The van der Waals surface area contributed by atoms with E-state index >= 15 is 0 Å². The molecule has 0 atom stereocenters. The van der Waals surface area contributed by atoms with Crippen molar-refractivity contribution in [2.75, 3.05) is 13.1 Å². The lowest BCUT2D eigenvalue weighted by Gasteiger charge is -2.26. The highest BCUT2D eigenvalue weighted by atomic mass is 16.6. The van der Waals surface area contributed by atoms with Crippen LogP contribution < -0.4 is 0 Å². The van der Waals surface area contributed by atoms with Crippen LogP contribution in [0.4, 0.5) is 4.79 Å². The summed E-state index contributed by atoms with van der Waals surface area (Å²) < 4.78 is 10.4. The van der Waals surface area contributed by atoms with E-state index in [1.54, 1.807) is 41.5 Å². The standard InChI is InChI=1S/C16H29NO6/c1-15(2,3)22-13(20)9-7-8-10-17(11-12(18)19)14(21)23-16(4,5)6/h7-11H2,1-6H3,(H,18,19). The van der Waals surface area contributed by atoms with Gasteiger partial charge in [-0.15, -0.1) is 0 Å². The lowest BCUT2D eigenvalue weighted by molar-refractivity contribution is -0.155. The number of rotatable bonds is 7. The van der Waals surface area contributed by atoms with Crippen molar-refractivity contribution in [1.29, 1.82) is 0 Å². The summed E-state index contributed by atoms with van der Waals surface area (Å²) in [6.07, 6.45) is 0.559. The number of carboxylic acids is 1. The van der Waals surface area contributed by atoms with E-state index in [1.165, 1.54) is 0 Å². The highest BCUT2D eigenvalue weighted by Gasteiger charge is 2.23. The van der Waals surface area contributed by atoms with Crippen molar-refractivity contribution in [1.82, 2.24) is 4.90 Å². The summed E-state index contributed by atoms with van der Waals surface area (Å²) in [4.78, 5) is 35.5. The summed E-state index contributed by atoms with van der Waals surface area (Å²) in [7, 11) is 0. The van der Waals surface area contributed by atoms with Gasteiger partial charge in [-0.25, -0.2) is 4.79 Å². The van der Waals surface area contributed by atoms with E-state index in [2.05, 4.69) is 0 Å². The molecule has 0 heterocycles. The molecule has 1 N–H and O–H groups in total. The molecule has 0 aliphatic rings. The van der Waals surface area contributed by atoms with E-state index in [0.717, 1.165) is 4.90 Å². The van der Waals surface area contributed by atoms with Gasteiger partial charge in [0.05, 0.1) is 0 Å². The zero-order valence-corrected chi connectivity index (χ0v) is 15.0. The van der Waals surface area contributed by atoms with Gasteiger partial charge in [-0.3, -0.25) is 14.5 Å². The first-order valence-electron chi connectivity index (χ1n) is 7.72. The van der Waals surface area contributed by atoms with Gasteiger partial charge < -0.3 is 14.6 Å². The second-order valence-electron chi connectivity index (χ2n) is 7.34. The van der Waals surface area contributed by atoms with Crippen LogP contribution in [0.2, 0.25) is 0 Å². The molecule has 0 aromatic rings. The molecule has 0 aromatic heterocycles. The van der Waals surface area contributed by atoms with Crippen LogP contribution in [-0.2, 0) is 19.1 Å². The molecule has 0 fully saturated rings. The average Bonchev–Trinajstić information content (AvgIpc) is 2.27. The minimum absolute atomic E-state index is 0.212. The highest BCUT2D eigenvalue weighted by Crippen LogP contribution is 2.12. The van der Waals surface area contributed by atoms with Gasteiger partial charge in [-0.1, -0.05) is 0 Å². The summed E-state index contributed by atoms with van der Waals surface area (Å²) in [6.45, 7) is 10.3. The third-order valence-electron chi connectivity index (χ3n) is 2.46. The zero-order chi connectivity index (χ0) is 18.3. The van der Waals surface area contributed by atoms with Crippen molar-refractivity contribution < 1.29 is 29.0 Å². The SMILES string of the molecule is CC(C)(C)OC(=O)CCCCN(CC(=O)O)C(=O)OC(C)(C)C. The fourth-order valence-electron chi connectivity index (χ4n) is 1.69. The van der Waals surface area contributed by atoms with Crippen molar-refractivity contribution in [3.8, 4) is 0 Å². The number of esters is 1. The molecule has 23 heavy (non-hydrogen) atoms. The molecule has 0 aliphatic carbocycles. The molecule has 7 nitrogen and oxygen atoms in total. The molecular weight excluding hydrogens is 302 g/mol. The number of hydrogen-bond acceptors (Lipinski definition) is 5. The Kier molecular flexibility index (Phi) is 8.06. The van der Waals surface area contributed by atoms with E-state index in [4.69, 9.17) is 14.6 Å². The third-order valence-corrected chi connectivity index (χ3v) is 2.46. The summed E-state index contributed by atoms with van der Waals surface area (Å²) >= 11 is 0. The van der Waals surface area contributed by atoms with Gasteiger partial charge in [0.1, 0.15) is 17.7 Å². The van der Waals surface area contributed by atoms with Crippen LogP contribution >= 0.6 is 0 Å². The molecule has 0 aliphatic heterocycles. The van der Waals surface area contributed by atoms with Gasteiger partial charge >= 0.3 is 18.0 Å². The second-order valence-corrected chi connectivity index (χ2v) is 7.34. The third kappa shape index (κ3) is 12.4. The molecule has 1 amide bonds. The van der Waals surface area contributed by atoms with Gasteiger partial charge in [0.15, 0.2) is 0 Å². The van der Waals surface area contributed by atoms with Crippen LogP contribution in [0.25, 0.3) is 0 Å². The van der Waals surface area contributed by atoms with Crippen LogP contribution in [-0.4, -0.2) is 52.3 Å². The molecule has 0 bridgehead atoms. The van der Waals surface area contributed by atoms with Crippen molar-refractivity contribution >= 4 is 18.0 Å². The van der Waals surface area contributed by atoms with Crippen LogP contribution in [0, 0.1) is 0 Å². The van der Waals surface area contributed by atoms with Crippen LogP contribution in [0.1, 0.15) is 60.8 Å². The number of ether oxygens (including phenoxy) is 2. The van der Waals surface area contributed by atoms with E-state index < -0.39 is 29.8 Å². The van der Waals surface area contributed by atoms with Crippen LogP contribution in [0.5, 0.6) is 0 Å². The number of carbonyl (C=O) groups is 3. The maximum absolute atomic E-state index is 12.0. The number of nitrogens with zero attached hydrogens (tertiary/aromatic N) is 1. The minimum atomic E-state index is -1.11. The Bertz CT molecular complexity index is 419. The Labute approximate surface area is 137 Å². The van der Waals surface area contributed by atoms with Crippen LogP contribution in [0.3, 0.4) is 0 Å². The lowest BCUT2D eigenvalue weighted by Crippen LogP contribution is -2.40. The summed E-state index contributed by atoms with van der Waals surface area (Å²) in [5, 5.41) is 8.88. The fraction of sp³-hybridized carbons (Fsp3) is 0.812. The number of carbonyl (C=O) groups excluding carboxylic acids is 2. The van der Waals surface area contributed by atoms with E-state index in [9.17, 15) is 14.4 Å². The van der Waals surface area contributed by atoms with E-state index in [-0.39, 0.29) is 18.9 Å². The van der Waals surface area contributed by atoms with E-state index in [0.29, 0.717) is 12.8 Å². The maximum Gasteiger partial charge on any atom is 0.410 e.